The van der Waals surface area contributed by atoms with E-state index in [1.807, 2.05) is 31.9 Å². The maximum atomic E-state index is 8.94. The monoisotopic (exact) mass is 253 g/mol. The van der Waals surface area contributed by atoms with Gasteiger partial charge in [-0.25, -0.2) is 0 Å². The van der Waals surface area contributed by atoms with Crippen molar-refractivity contribution in [1.82, 2.24) is 4.90 Å². The van der Waals surface area contributed by atoms with Gasteiger partial charge in [-0.3, -0.25) is 4.90 Å². The average molecular weight is 253 g/mol. The Balaban J connectivity index is 3.12. The highest BCUT2D eigenvalue weighted by atomic mass is 16.5. The molecule has 0 bridgehead atoms. The van der Waals surface area contributed by atoms with E-state index in [1.54, 1.807) is 14.2 Å². The summed E-state index contributed by atoms with van der Waals surface area (Å²) in [4.78, 5) is 2.05. The Labute approximate surface area is 109 Å². The zero-order valence-corrected chi connectivity index (χ0v) is 11.9. The Hall–Kier alpha value is -1.26. The molecule has 0 aliphatic carbocycles. The average Bonchev–Trinajstić information content (AvgIpc) is 2.34. The minimum absolute atomic E-state index is 0.154. The van der Waals surface area contributed by atoms with Crippen molar-refractivity contribution in [1.29, 1.82) is 0 Å². The lowest BCUT2D eigenvalue weighted by atomic mass is 10.0. The molecule has 0 amide bonds. The Kier molecular flexibility index (Phi) is 5.44. The lowest BCUT2D eigenvalue weighted by Crippen LogP contribution is -2.22. The number of nitrogens with zero attached hydrogens (tertiary/aromatic N) is 1. The van der Waals surface area contributed by atoms with Gasteiger partial charge < -0.3 is 14.6 Å². The fourth-order valence-corrected chi connectivity index (χ4v) is 2.08. The molecule has 0 heterocycles. The summed E-state index contributed by atoms with van der Waals surface area (Å²) >= 11 is 0. The second kappa shape index (κ2) is 6.61. The van der Waals surface area contributed by atoms with Crippen LogP contribution in [0.3, 0.4) is 0 Å². The summed E-state index contributed by atoms with van der Waals surface area (Å²) < 4.78 is 10.9. The van der Waals surface area contributed by atoms with Gasteiger partial charge in [0.25, 0.3) is 0 Å². The first-order valence-corrected chi connectivity index (χ1v) is 6.05. The molecule has 0 radical (unpaired) electrons. The number of hydrogen-bond acceptors (Lipinski definition) is 4. The number of aliphatic hydroxyl groups is 1. The summed E-state index contributed by atoms with van der Waals surface area (Å²) in [5, 5.41) is 8.94. The predicted molar refractivity (Wildman–Crippen MR) is 72.4 cm³/mol. The van der Waals surface area contributed by atoms with E-state index in [0.717, 1.165) is 34.7 Å². The van der Waals surface area contributed by atoms with Gasteiger partial charge in [0, 0.05) is 18.7 Å². The van der Waals surface area contributed by atoms with Gasteiger partial charge in [-0.2, -0.15) is 0 Å². The van der Waals surface area contributed by atoms with E-state index in [4.69, 9.17) is 14.6 Å². The summed E-state index contributed by atoms with van der Waals surface area (Å²) in [5.74, 6) is 1.78. The molecule has 102 valence electrons. The van der Waals surface area contributed by atoms with E-state index in [0.29, 0.717) is 6.54 Å². The third kappa shape index (κ3) is 3.15. The van der Waals surface area contributed by atoms with Crippen LogP contribution in [-0.4, -0.2) is 44.4 Å². The van der Waals surface area contributed by atoms with Crippen LogP contribution in [0.1, 0.15) is 16.7 Å². The third-order valence-corrected chi connectivity index (χ3v) is 3.22. The third-order valence-electron chi connectivity index (χ3n) is 3.22. The minimum atomic E-state index is 0.154. The summed E-state index contributed by atoms with van der Waals surface area (Å²) in [6, 6.07) is 2.01. The molecule has 0 fully saturated rings. The van der Waals surface area contributed by atoms with Crippen molar-refractivity contribution in [3.05, 3.63) is 22.8 Å². The van der Waals surface area contributed by atoms with Crippen LogP contribution in [0.25, 0.3) is 0 Å². The van der Waals surface area contributed by atoms with Crippen molar-refractivity contribution < 1.29 is 14.6 Å². The van der Waals surface area contributed by atoms with Crippen molar-refractivity contribution in [2.45, 2.75) is 20.4 Å². The van der Waals surface area contributed by atoms with Crippen molar-refractivity contribution >= 4 is 0 Å². The van der Waals surface area contributed by atoms with Crippen LogP contribution >= 0.6 is 0 Å². The smallest absolute Gasteiger partial charge is 0.126 e. The molecular weight excluding hydrogens is 230 g/mol. The van der Waals surface area contributed by atoms with Crippen LogP contribution in [-0.2, 0) is 6.54 Å². The van der Waals surface area contributed by atoms with Crippen molar-refractivity contribution in [2.75, 3.05) is 34.4 Å². The van der Waals surface area contributed by atoms with Crippen LogP contribution in [0.5, 0.6) is 11.5 Å². The van der Waals surface area contributed by atoms with Gasteiger partial charge >= 0.3 is 0 Å². The summed E-state index contributed by atoms with van der Waals surface area (Å²) in [6.07, 6.45) is 0. The van der Waals surface area contributed by atoms with Crippen LogP contribution in [0.4, 0.5) is 0 Å². The fraction of sp³-hybridized carbons (Fsp3) is 0.571. The van der Waals surface area contributed by atoms with Crippen molar-refractivity contribution in [3.8, 4) is 11.5 Å². The Morgan fingerprint density at radius 2 is 1.83 bits per heavy atom. The van der Waals surface area contributed by atoms with E-state index < -0.39 is 0 Å². The van der Waals surface area contributed by atoms with Crippen LogP contribution < -0.4 is 9.47 Å². The van der Waals surface area contributed by atoms with E-state index in [1.165, 1.54) is 0 Å². The van der Waals surface area contributed by atoms with Crippen molar-refractivity contribution in [2.24, 2.45) is 0 Å². The predicted octanol–water partition coefficient (Wildman–Crippen LogP) is 1.74. The molecular formula is C14H23NO3. The molecule has 0 atom stereocenters. The summed E-state index contributed by atoms with van der Waals surface area (Å²) in [7, 11) is 5.33. The molecule has 0 aliphatic heterocycles. The van der Waals surface area contributed by atoms with Crippen molar-refractivity contribution in [3.63, 3.8) is 0 Å². The van der Waals surface area contributed by atoms with Gasteiger partial charge in [-0.05, 0) is 38.1 Å². The van der Waals surface area contributed by atoms with E-state index in [2.05, 4.69) is 0 Å². The Morgan fingerprint density at radius 3 is 2.33 bits per heavy atom. The van der Waals surface area contributed by atoms with Gasteiger partial charge in [0.1, 0.15) is 11.5 Å². The molecule has 4 nitrogen and oxygen atoms in total. The van der Waals surface area contributed by atoms with Gasteiger partial charge in [-0.1, -0.05) is 0 Å². The van der Waals surface area contributed by atoms with Crippen LogP contribution in [0.2, 0.25) is 0 Å². The standard InChI is InChI=1S/C14H23NO3/c1-10-11(2)14(18-5)12(8-13(10)17-4)9-15(3)6-7-16/h8,16H,6-7,9H2,1-5H3. The first-order valence-electron chi connectivity index (χ1n) is 6.05. The van der Waals surface area contributed by atoms with E-state index in [-0.39, 0.29) is 6.61 Å². The molecule has 0 saturated heterocycles. The molecule has 0 saturated carbocycles. The van der Waals surface area contributed by atoms with Gasteiger partial charge in [0.2, 0.25) is 0 Å². The topological polar surface area (TPSA) is 41.9 Å². The van der Waals surface area contributed by atoms with Gasteiger partial charge in [0.05, 0.1) is 20.8 Å². The number of rotatable bonds is 6. The number of methoxy groups -OCH3 is 2. The number of aliphatic hydroxyl groups excluding tert-OH is 1. The molecule has 0 spiro atoms. The maximum absolute atomic E-state index is 8.94. The molecule has 4 heteroatoms. The number of benzene rings is 1. The minimum Gasteiger partial charge on any atom is -0.496 e. The Morgan fingerprint density at radius 1 is 1.17 bits per heavy atom. The highest BCUT2D eigenvalue weighted by molar-refractivity contribution is 5.52. The zero-order chi connectivity index (χ0) is 13.7. The number of hydrogen-bond donors (Lipinski definition) is 1. The van der Waals surface area contributed by atoms with Crippen LogP contribution in [0.15, 0.2) is 6.07 Å². The molecule has 1 N–H and O–H groups in total. The molecule has 0 aliphatic rings. The van der Waals surface area contributed by atoms with Gasteiger partial charge in [0.15, 0.2) is 0 Å². The van der Waals surface area contributed by atoms with Gasteiger partial charge in [-0.15, -0.1) is 0 Å². The molecule has 18 heavy (non-hydrogen) atoms. The molecule has 1 aromatic rings. The highest BCUT2D eigenvalue weighted by Gasteiger charge is 2.14. The SMILES string of the molecule is COc1cc(CN(C)CCO)c(OC)c(C)c1C. The zero-order valence-electron chi connectivity index (χ0n) is 11.9. The Bertz CT molecular complexity index is 405. The normalized spacial score (nSPS) is 10.8. The first kappa shape index (κ1) is 14.8. The lowest BCUT2D eigenvalue weighted by Gasteiger charge is -2.21. The molecule has 0 aromatic heterocycles. The second-order valence-corrected chi connectivity index (χ2v) is 4.48. The maximum Gasteiger partial charge on any atom is 0.126 e. The lowest BCUT2D eigenvalue weighted by molar-refractivity contribution is 0.215. The molecule has 0 unspecified atom stereocenters. The highest BCUT2D eigenvalue weighted by Crippen LogP contribution is 2.33. The van der Waals surface area contributed by atoms with E-state index in [9.17, 15) is 0 Å². The quantitative estimate of drug-likeness (QED) is 0.838. The summed E-state index contributed by atoms with van der Waals surface area (Å²) in [6.45, 7) is 5.57. The fourth-order valence-electron chi connectivity index (χ4n) is 2.08. The molecule has 1 rings (SSSR count). The first-order chi connectivity index (χ1) is 8.54. The van der Waals surface area contributed by atoms with E-state index >= 15 is 0 Å². The largest absolute Gasteiger partial charge is 0.496 e. The number of likely N-dealkylation sites (N-methyl/N-ethyl adjacent to an activating group) is 1. The molecule has 1 aromatic carbocycles. The second-order valence-electron chi connectivity index (χ2n) is 4.48. The van der Waals surface area contributed by atoms with Crippen LogP contribution in [0, 0.1) is 13.8 Å². The number of ether oxygens (including phenoxy) is 2. The summed E-state index contributed by atoms with van der Waals surface area (Å²) in [5.41, 5.74) is 3.28.